The second-order valence-corrected chi connectivity index (χ2v) is 13.1. The van der Waals surface area contributed by atoms with Crippen LogP contribution in [0.25, 0.3) is 0 Å². The maximum absolute atomic E-state index is 15.7. The Morgan fingerprint density at radius 2 is 1.69 bits per heavy atom. The number of halogens is 1. The molecule has 3 fully saturated rings. The summed E-state index contributed by atoms with van der Waals surface area (Å²) in [5.41, 5.74) is -1.55. The number of ether oxygens (including phenoxy) is 5. The van der Waals surface area contributed by atoms with Crippen molar-refractivity contribution in [3.8, 4) is 12.3 Å². The minimum atomic E-state index is -2.70. The molecule has 0 aromatic heterocycles. The molecule has 0 aromatic carbocycles. The monoisotopic (exact) mass is 640 g/mol. The fourth-order valence-corrected chi connectivity index (χ4v) is 7.10. The number of Topliss-reactive ketones (excluding diaryl/α,β-unsaturated/α-hetero) is 2. The maximum atomic E-state index is 15.7. The first kappa shape index (κ1) is 36.8. The number of hydrogen-bond donors (Lipinski definition) is 2. The fraction of sp³-hybridized carbons (Fsp3) is 0.812. The Hall–Kier alpha value is -2.63. The van der Waals surface area contributed by atoms with Gasteiger partial charge >= 0.3 is 12.1 Å². The molecule has 45 heavy (non-hydrogen) atoms. The van der Waals surface area contributed by atoms with Gasteiger partial charge in [0.1, 0.15) is 24.6 Å². The van der Waals surface area contributed by atoms with E-state index in [0.29, 0.717) is 6.42 Å². The third-order valence-corrected chi connectivity index (χ3v) is 9.72. The zero-order chi connectivity index (χ0) is 34.0. The summed E-state index contributed by atoms with van der Waals surface area (Å²) >= 11 is 0. The molecular formula is C32H49FN2O10. The molecule has 0 radical (unpaired) electrons. The van der Waals surface area contributed by atoms with E-state index in [1.165, 1.54) is 13.8 Å². The normalized spacial score (nSPS) is 43.5. The Bertz CT molecular complexity index is 1150. The first-order valence-electron chi connectivity index (χ1n) is 15.6. The Morgan fingerprint density at radius 1 is 1.07 bits per heavy atom. The molecule has 0 aliphatic carbocycles. The summed E-state index contributed by atoms with van der Waals surface area (Å²) in [6.07, 6.45) is -3.42. The Kier molecular flexibility index (Phi) is 12.2. The first-order chi connectivity index (χ1) is 21.0. The molecule has 3 aliphatic heterocycles. The molecule has 14 atom stereocenters. The number of esters is 1. The van der Waals surface area contributed by atoms with Crippen LogP contribution in [0.5, 0.6) is 0 Å². The summed E-state index contributed by atoms with van der Waals surface area (Å²) < 4.78 is 45.1. The number of alkyl carbamates (subject to hydrolysis) is 1. The van der Waals surface area contributed by atoms with Gasteiger partial charge in [0.15, 0.2) is 17.7 Å². The number of rotatable bonds is 6. The summed E-state index contributed by atoms with van der Waals surface area (Å²) in [4.78, 5) is 55.2. The van der Waals surface area contributed by atoms with Crippen LogP contribution in [-0.4, -0.2) is 115 Å². The van der Waals surface area contributed by atoms with Gasteiger partial charge in [0.05, 0.1) is 24.4 Å². The van der Waals surface area contributed by atoms with Crippen LogP contribution in [0.1, 0.15) is 61.3 Å². The number of nitrogens with zero attached hydrogens (tertiary/aromatic N) is 1. The number of cyclic esters (lactones) is 1. The van der Waals surface area contributed by atoms with Gasteiger partial charge in [-0.15, -0.1) is 6.42 Å². The molecule has 12 nitrogen and oxygen atoms in total. The van der Waals surface area contributed by atoms with Crippen molar-refractivity contribution in [2.24, 2.45) is 23.7 Å². The predicted octanol–water partition coefficient (Wildman–Crippen LogP) is 2.04. The summed E-state index contributed by atoms with van der Waals surface area (Å²) in [5, 5.41) is 13.9. The molecule has 3 rings (SSSR count). The molecule has 0 spiro atoms. The van der Waals surface area contributed by atoms with Crippen LogP contribution in [0.15, 0.2) is 0 Å². The topological polar surface area (TPSA) is 150 Å². The molecule has 2 N–H and O–H groups in total. The van der Waals surface area contributed by atoms with Crippen LogP contribution in [-0.2, 0) is 38.1 Å². The van der Waals surface area contributed by atoms with Gasteiger partial charge in [-0.2, -0.15) is 0 Å². The lowest BCUT2D eigenvalue weighted by Gasteiger charge is -2.45. The second-order valence-electron chi connectivity index (χ2n) is 13.1. The Morgan fingerprint density at radius 3 is 2.27 bits per heavy atom. The van der Waals surface area contributed by atoms with Gasteiger partial charge in [-0.25, -0.2) is 14.0 Å². The molecular weight excluding hydrogens is 591 g/mol. The van der Waals surface area contributed by atoms with Gasteiger partial charge in [-0.3, -0.25) is 9.59 Å². The number of terminal acetylenes is 1. The molecule has 3 heterocycles. The second kappa shape index (κ2) is 14.9. The van der Waals surface area contributed by atoms with E-state index in [1.807, 2.05) is 25.9 Å². The summed E-state index contributed by atoms with van der Waals surface area (Å²) in [6.45, 7) is 11.1. The van der Waals surface area contributed by atoms with Gasteiger partial charge in [0.25, 0.3) is 6.17 Å². The van der Waals surface area contributed by atoms with Crippen LogP contribution in [0, 0.1) is 36.0 Å². The van der Waals surface area contributed by atoms with E-state index in [1.54, 1.807) is 27.7 Å². The third-order valence-electron chi connectivity index (χ3n) is 9.72. The Balaban J connectivity index is 2.13. The average Bonchev–Trinajstić information content (AvgIpc) is 3.31. The highest BCUT2D eigenvalue weighted by Crippen LogP contribution is 2.38. The number of alkyl halides is 1. The average molecular weight is 641 g/mol. The van der Waals surface area contributed by atoms with Crippen molar-refractivity contribution in [2.75, 3.05) is 20.7 Å². The van der Waals surface area contributed by atoms with Crippen molar-refractivity contribution in [3.63, 3.8) is 0 Å². The van der Waals surface area contributed by atoms with Gasteiger partial charge in [0.2, 0.25) is 0 Å². The smallest absolute Gasteiger partial charge is 0.408 e. The standard InChI is InChI=1S/C32H49FN2O10/c1-11-13-41-26-16(4)23(36)18(6)28-32(8,45-31(40)34-28)21(12-2)43-29(39)22(33)24(37)17(5)27(19(26)7)44-30-25(38)20(35(9)10)14-15(3)42-30/h1,15-22,25-28,30,38H,12-14H2,2-10H3,(H,34,40)/t15-,16+,17+,18+,19+,20+,21-,22?,25-,26+,27-,28?,30+,32-/m1/s1. The third kappa shape index (κ3) is 7.52. The summed E-state index contributed by atoms with van der Waals surface area (Å²) in [6, 6.07) is -1.30. The van der Waals surface area contributed by atoms with Crippen LogP contribution < -0.4 is 5.32 Å². The fourth-order valence-electron chi connectivity index (χ4n) is 7.10. The van der Waals surface area contributed by atoms with Gasteiger partial charge in [0, 0.05) is 29.7 Å². The van der Waals surface area contributed by atoms with E-state index in [4.69, 9.17) is 30.1 Å². The summed E-state index contributed by atoms with van der Waals surface area (Å²) in [5.74, 6) is -4.34. The number of ketones is 2. The van der Waals surface area contributed by atoms with Crippen molar-refractivity contribution >= 4 is 23.6 Å². The lowest BCUT2D eigenvalue weighted by atomic mass is 9.74. The van der Waals surface area contributed by atoms with E-state index < -0.39 is 90.0 Å². The lowest BCUT2D eigenvalue weighted by Crippen LogP contribution is -2.59. The van der Waals surface area contributed by atoms with Crippen molar-refractivity contribution in [1.82, 2.24) is 10.2 Å². The number of likely N-dealkylation sites (N-methyl/N-ethyl adjacent to an activating group) is 1. The number of amides is 1. The lowest BCUT2D eigenvalue weighted by molar-refractivity contribution is -0.282. The van der Waals surface area contributed by atoms with E-state index in [2.05, 4.69) is 11.2 Å². The molecule has 3 saturated heterocycles. The van der Waals surface area contributed by atoms with Crippen LogP contribution in [0.4, 0.5) is 9.18 Å². The van der Waals surface area contributed by atoms with E-state index in [-0.39, 0.29) is 31.0 Å². The number of carbonyl (C=O) groups excluding carboxylic acids is 4. The maximum Gasteiger partial charge on any atom is 0.408 e. The minimum absolute atomic E-state index is 0.0967. The van der Waals surface area contributed by atoms with Crippen LogP contribution in [0.3, 0.4) is 0 Å². The van der Waals surface area contributed by atoms with Gasteiger partial charge in [-0.05, 0) is 40.8 Å². The van der Waals surface area contributed by atoms with Crippen LogP contribution in [0.2, 0.25) is 0 Å². The molecule has 0 aromatic rings. The number of aliphatic hydroxyl groups excluding tert-OH is 1. The van der Waals surface area contributed by atoms with Crippen molar-refractivity contribution < 1.29 is 52.4 Å². The highest BCUT2D eigenvalue weighted by atomic mass is 19.1. The largest absolute Gasteiger partial charge is 0.456 e. The first-order valence-corrected chi connectivity index (χ1v) is 15.6. The highest BCUT2D eigenvalue weighted by Gasteiger charge is 2.57. The minimum Gasteiger partial charge on any atom is -0.456 e. The van der Waals surface area contributed by atoms with E-state index >= 15 is 4.39 Å². The quantitative estimate of drug-likeness (QED) is 0.250. The molecule has 13 heteroatoms. The van der Waals surface area contributed by atoms with Crippen molar-refractivity contribution in [2.45, 2.75) is 122 Å². The van der Waals surface area contributed by atoms with Crippen LogP contribution >= 0.6 is 0 Å². The molecule has 0 bridgehead atoms. The SMILES string of the molecule is C#CCO[C@@H]1[C@H](C)[C@H](O[C@@H]2O[C@H](C)C[C@H](N(C)C)[C@H]2O)[C@@H](C)C(=O)C(F)C(=O)O[C@H](CC)[C@@]2(C)OC(=O)NC2[C@@H](C)C(=O)[C@@H]1C. The highest BCUT2D eigenvalue weighted by molar-refractivity contribution is 6.03. The molecule has 2 unspecified atom stereocenters. The van der Waals surface area contributed by atoms with Crippen molar-refractivity contribution in [3.05, 3.63) is 0 Å². The van der Waals surface area contributed by atoms with E-state index in [9.17, 15) is 24.3 Å². The number of nitrogens with one attached hydrogen (secondary N) is 1. The molecule has 254 valence electrons. The molecule has 3 aliphatic rings. The Labute approximate surface area is 265 Å². The molecule has 0 saturated carbocycles. The predicted molar refractivity (Wildman–Crippen MR) is 159 cm³/mol. The number of fused-ring (bicyclic) bond motifs is 1. The molecule has 1 amide bonds. The number of aliphatic hydroxyl groups is 1. The zero-order valence-corrected chi connectivity index (χ0v) is 27.7. The van der Waals surface area contributed by atoms with Gasteiger partial charge < -0.3 is 39.0 Å². The van der Waals surface area contributed by atoms with E-state index in [0.717, 1.165) is 0 Å². The number of hydrogen-bond acceptors (Lipinski definition) is 11. The number of carbonyl (C=O) groups is 4. The van der Waals surface area contributed by atoms with Gasteiger partial charge in [-0.1, -0.05) is 40.5 Å². The zero-order valence-electron chi connectivity index (χ0n) is 27.7. The summed E-state index contributed by atoms with van der Waals surface area (Å²) in [7, 11) is 3.62. The van der Waals surface area contributed by atoms with Crippen molar-refractivity contribution in [1.29, 1.82) is 0 Å².